The minimum Gasteiger partial charge on any atom is -0.317 e. The number of nitrogens with zero attached hydrogens (tertiary/aromatic N) is 4. The molecule has 26 heavy (non-hydrogen) atoms. The molecule has 132 valence electrons. The van der Waals surface area contributed by atoms with Crippen LogP contribution in [0.1, 0.15) is 34.8 Å². The summed E-state index contributed by atoms with van der Waals surface area (Å²) in [6, 6.07) is 11.0. The minimum absolute atomic E-state index is 0.182. The maximum absolute atomic E-state index is 12.8. The Hall–Kier alpha value is -3.06. The molecule has 1 amide bonds. The standard InChI is InChI=1S/C19H20N6O/c26-19(15-4-3-10-22-18(15)14-6-11-20-12-7-14)23-16-8-13-25(24-16)17-5-1-2-9-21-17/h1-5,8-10,13-14,20H,6-7,11-12H2,(H,23,24,26). The number of nitrogens with one attached hydrogen (secondary N) is 2. The number of rotatable bonds is 4. The highest BCUT2D eigenvalue weighted by Gasteiger charge is 2.22. The van der Waals surface area contributed by atoms with Crippen LogP contribution < -0.4 is 10.6 Å². The van der Waals surface area contributed by atoms with Crippen molar-refractivity contribution in [2.24, 2.45) is 0 Å². The van der Waals surface area contributed by atoms with Gasteiger partial charge in [0.1, 0.15) is 0 Å². The first kappa shape index (κ1) is 16.4. The van der Waals surface area contributed by atoms with Crippen LogP contribution >= 0.6 is 0 Å². The van der Waals surface area contributed by atoms with Crippen molar-refractivity contribution in [1.29, 1.82) is 0 Å². The van der Waals surface area contributed by atoms with E-state index < -0.39 is 0 Å². The molecule has 0 aliphatic carbocycles. The number of pyridine rings is 2. The van der Waals surface area contributed by atoms with Gasteiger partial charge in [0.25, 0.3) is 5.91 Å². The summed E-state index contributed by atoms with van der Waals surface area (Å²) in [5.41, 5.74) is 1.49. The predicted molar refractivity (Wildman–Crippen MR) is 98.4 cm³/mol. The van der Waals surface area contributed by atoms with E-state index in [1.807, 2.05) is 24.3 Å². The second-order valence-corrected chi connectivity index (χ2v) is 6.25. The van der Waals surface area contributed by atoms with Gasteiger partial charge in [-0.1, -0.05) is 6.07 Å². The number of anilines is 1. The van der Waals surface area contributed by atoms with Crippen molar-refractivity contribution < 1.29 is 4.79 Å². The Morgan fingerprint density at radius 3 is 2.73 bits per heavy atom. The molecule has 0 saturated carbocycles. The molecule has 3 aromatic rings. The van der Waals surface area contributed by atoms with Gasteiger partial charge < -0.3 is 10.6 Å². The van der Waals surface area contributed by atoms with Crippen LogP contribution in [0.15, 0.2) is 55.0 Å². The largest absolute Gasteiger partial charge is 0.317 e. The van der Waals surface area contributed by atoms with E-state index >= 15 is 0 Å². The van der Waals surface area contributed by atoms with Gasteiger partial charge in [0.05, 0.1) is 11.3 Å². The number of hydrogen-bond acceptors (Lipinski definition) is 5. The zero-order chi connectivity index (χ0) is 17.8. The molecule has 1 aliphatic heterocycles. The van der Waals surface area contributed by atoms with Crippen LogP contribution in [0.4, 0.5) is 5.82 Å². The predicted octanol–water partition coefficient (Wildman–Crippen LogP) is 2.38. The SMILES string of the molecule is O=C(Nc1ccn(-c2ccccn2)n1)c1cccnc1C1CCNCC1. The van der Waals surface area contributed by atoms with Gasteiger partial charge in [0.15, 0.2) is 11.6 Å². The number of carbonyl (C=O) groups is 1. The lowest BCUT2D eigenvalue weighted by atomic mass is 9.91. The molecule has 0 bridgehead atoms. The summed E-state index contributed by atoms with van der Waals surface area (Å²) in [5.74, 6) is 1.31. The summed E-state index contributed by atoms with van der Waals surface area (Å²) in [6.45, 7) is 1.91. The topological polar surface area (TPSA) is 84.7 Å². The highest BCUT2D eigenvalue weighted by Crippen LogP contribution is 2.26. The molecule has 1 fully saturated rings. The Morgan fingerprint density at radius 1 is 1.08 bits per heavy atom. The van der Waals surface area contributed by atoms with Gasteiger partial charge >= 0.3 is 0 Å². The molecule has 0 atom stereocenters. The molecular weight excluding hydrogens is 328 g/mol. The highest BCUT2D eigenvalue weighted by molar-refractivity contribution is 6.04. The average Bonchev–Trinajstić information content (AvgIpc) is 3.18. The van der Waals surface area contributed by atoms with Crippen LogP contribution in [0, 0.1) is 0 Å². The normalized spacial score (nSPS) is 14.9. The van der Waals surface area contributed by atoms with Gasteiger partial charge in [-0.2, -0.15) is 0 Å². The fraction of sp³-hybridized carbons (Fsp3) is 0.263. The monoisotopic (exact) mass is 348 g/mol. The van der Waals surface area contributed by atoms with E-state index in [2.05, 4.69) is 25.7 Å². The average molecular weight is 348 g/mol. The molecule has 3 aromatic heterocycles. The molecule has 1 aliphatic rings. The molecule has 0 spiro atoms. The van der Waals surface area contributed by atoms with Crippen molar-refractivity contribution >= 4 is 11.7 Å². The third-order valence-electron chi connectivity index (χ3n) is 4.52. The highest BCUT2D eigenvalue weighted by atomic mass is 16.1. The first-order chi connectivity index (χ1) is 12.8. The minimum atomic E-state index is -0.182. The lowest BCUT2D eigenvalue weighted by molar-refractivity contribution is 0.102. The fourth-order valence-electron chi connectivity index (χ4n) is 3.22. The smallest absolute Gasteiger partial charge is 0.258 e. The van der Waals surface area contributed by atoms with E-state index in [0.717, 1.165) is 31.6 Å². The van der Waals surface area contributed by atoms with Crippen molar-refractivity contribution in [3.8, 4) is 5.82 Å². The van der Waals surface area contributed by atoms with Crippen molar-refractivity contribution in [3.63, 3.8) is 0 Å². The molecule has 1 saturated heterocycles. The summed E-state index contributed by atoms with van der Waals surface area (Å²) in [5, 5.41) is 10.6. The first-order valence-corrected chi connectivity index (χ1v) is 8.75. The van der Waals surface area contributed by atoms with E-state index in [9.17, 15) is 4.79 Å². The van der Waals surface area contributed by atoms with Crippen LogP contribution in [-0.2, 0) is 0 Å². The number of amides is 1. The van der Waals surface area contributed by atoms with E-state index in [0.29, 0.717) is 23.1 Å². The van der Waals surface area contributed by atoms with E-state index in [-0.39, 0.29) is 5.91 Å². The van der Waals surface area contributed by atoms with E-state index in [1.165, 1.54) is 0 Å². The quantitative estimate of drug-likeness (QED) is 0.756. The summed E-state index contributed by atoms with van der Waals surface area (Å²) in [7, 11) is 0. The Bertz CT molecular complexity index is 886. The number of carbonyl (C=O) groups excluding carboxylic acids is 1. The van der Waals surface area contributed by atoms with Crippen LogP contribution in [0.25, 0.3) is 5.82 Å². The van der Waals surface area contributed by atoms with Gasteiger partial charge in [-0.15, -0.1) is 5.10 Å². The van der Waals surface area contributed by atoms with Gasteiger partial charge in [0, 0.05) is 30.6 Å². The summed E-state index contributed by atoms with van der Waals surface area (Å²) >= 11 is 0. The molecular formula is C19H20N6O. The van der Waals surface area contributed by atoms with Gasteiger partial charge in [0.2, 0.25) is 0 Å². The third kappa shape index (κ3) is 3.48. The second kappa shape index (κ2) is 7.45. The second-order valence-electron chi connectivity index (χ2n) is 6.25. The van der Waals surface area contributed by atoms with Gasteiger partial charge in [-0.05, 0) is 50.2 Å². The number of piperidine rings is 1. The Morgan fingerprint density at radius 2 is 1.92 bits per heavy atom. The Labute approximate surface area is 151 Å². The zero-order valence-electron chi connectivity index (χ0n) is 14.3. The third-order valence-corrected chi connectivity index (χ3v) is 4.52. The van der Waals surface area contributed by atoms with Crippen molar-refractivity contribution in [2.45, 2.75) is 18.8 Å². The molecule has 4 heterocycles. The maximum atomic E-state index is 12.8. The maximum Gasteiger partial charge on any atom is 0.258 e. The van der Waals surface area contributed by atoms with Crippen LogP contribution in [-0.4, -0.2) is 38.7 Å². The van der Waals surface area contributed by atoms with Crippen molar-refractivity contribution in [2.75, 3.05) is 18.4 Å². The first-order valence-electron chi connectivity index (χ1n) is 8.75. The lowest BCUT2D eigenvalue weighted by Gasteiger charge is -2.23. The van der Waals surface area contributed by atoms with Crippen LogP contribution in [0.3, 0.4) is 0 Å². The van der Waals surface area contributed by atoms with Crippen LogP contribution in [0.5, 0.6) is 0 Å². The van der Waals surface area contributed by atoms with Gasteiger partial charge in [-0.3, -0.25) is 9.78 Å². The van der Waals surface area contributed by atoms with Crippen LogP contribution in [0.2, 0.25) is 0 Å². The summed E-state index contributed by atoms with van der Waals surface area (Å²) < 4.78 is 1.63. The summed E-state index contributed by atoms with van der Waals surface area (Å²) in [4.78, 5) is 21.5. The molecule has 4 rings (SSSR count). The van der Waals surface area contributed by atoms with Crippen molar-refractivity contribution in [3.05, 3.63) is 66.2 Å². The van der Waals surface area contributed by atoms with E-state index in [1.54, 1.807) is 35.4 Å². The van der Waals surface area contributed by atoms with Crippen molar-refractivity contribution in [1.82, 2.24) is 25.1 Å². The molecule has 0 unspecified atom stereocenters. The summed E-state index contributed by atoms with van der Waals surface area (Å²) in [6.07, 6.45) is 7.21. The molecule has 2 N–H and O–H groups in total. The number of hydrogen-bond donors (Lipinski definition) is 2. The lowest BCUT2D eigenvalue weighted by Crippen LogP contribution is -2.28. The number of aromatic nitrogens is 4. The molecule has 7 heteroatoms. The molecule has 0 radical (unpaired) electrons. The molecule has 7 nitrogen and oxygen atoms in total. The zero-order valence-corrected chi connectivity index (χ0v) is 14.3. The fourth-order valence-corrected chi connectivity index (χ4v) is 3.22. The molecule has 0 aromatic carbocycles. The Kier molecular flexibility index (Phi) is 4.70. The Balaban J connectivity index is 1.53. The van der Waals surface area contributed by atoms with Gasteiger partial charge in [-0.25, -0.2) is 9.67 Å². The van der Waals surface area contributed by atoms with E-state index in [4.69, 9.17) is 0 Å².